The van der Waals surface area contributed by atoms with Gasteiger partial charge in [0.25, 0.3) is 11.8 Å². The number of halogens is 13. The predicted molar refractivity (Wildman–Crippen MR) is 152 cm³/mol. The first kappa shape index (κ1) is 35.6. The molecule has 1 saturated carbocycles. The fourth-order valence-electron chi connectivity index (χ4n) is 4.74. The van der Waals surface area contributed by atoms with Crippen molar-refractivity contribution in [1.82, 2.24) is 0 Å². The molecule has 2 amide bonds. The lowest BCUT2D eigenvalue weighted by molar-refractivity contribution is -0.348. The number of nitrogens with zero attached hydrogens (tertiary/aromatic N) is 1. The van der Waals surface area contributed by atoms with E-state index in [-0.39, 0.29) is 17.5 Å². The lowest BCUT2D eigenvalue weighted by Crippen LogP contribution is -2.50. The second-order valence-electron chi connectivity index (χ2n) is 10.4. The summed E-state index contributed by atoms with van der Waals surface area (Å²) in [4.78, 5) is 27.8. The topological polar surface area (TPSA) is 49.4 Å². The maximum Gasteiger partial charge on any atom is 0.435 e. The molecule has 1 aliphatic rings. The van der Waals surface area contributed by atoms with Gasteiger partial charge in [0.1, 0.15) is 0 Å². The number of nitrogens with one attached hydrogen (secondary N) is 1. The van der Waals surface area contributed by atoms with Crippen LogP contribution in [0.25, 0.3) is 0 Å². The molecule has 1 aliphatic carbocycles. The van der Waals surface area contributed by atoms with Gasteiger partial charge in [0, 0.05) is 26.1 Å². The Hall–Kier alpha value is -3.21. The lowest BCUT2D eigenvalue weighted by Gasteiger charge is -2.31. The summed E-state index contributed by atoms with van der Waals surface area (Å²) in [5.74, 6) is -3.65. The van der Waals surface area contributed by atoms with E-state index >= 15 is 4.39 Å². The van der Waals surface area contributed by atoms with E-state index in [1.807, 2.05) is 0 Å². The fourth-order valence-corrected chi connectivity index (χ4v) is 5.56. The molecule has 0 heterocycles. The van der Waals surface area contributed by atoms with Crippen LogP contribution in [0.4, 0.5) is 59.7 Å². The number of carbonyl (C=O) groups is 2. The summed E-state index contributed by atoms with van der Waals surface area (Å²) in [6, 6.07) is 7.62. The Bertz CT molecular complexity index is 1640. The van der Waals surface area contributed by atoms with Gasteiger partial charge in [0.15, 0.2) is 5.82 Å². The molecular weight excluding hydrogens is 777 g/mol. The number of rotatable bonds is 7. The number of alkyl halides is 10. The number of anilines is 2. The largest absolute Gasteiger partial charge is 0.435 e. The maximum atomic E-state index is 16.0. The van der Waals surface area contributed by atoms with Crippen molar-refractivity contribution in [2.75, 3.05) is 10.2 Å². The Balaban J connectivity index is 1.79. The van der Waals surface area contributed by atoms with E-state index in [9.17, 15) is 53.5 Å². The molecule has 46 heavy (non-hydrogen) atoms. The Morgan fingerprint density at radius 1 is 0.870 bits per heavy atom. The highest BCUT2D eigenvalue weighted by Crippen LogP contribution is 2.55. The smallest absolute Gasteiger partial charge is 0.320 e. The van der Waals surface area contributed by atoms with Crippen LogP contribution in [0.5, 0.6) is 0 Å². The van der Waals surface area contributed by atoms with Crippen molar-refractivity contribution in [3.63, 3.8) is 0 Å². The first-order chi connectivity index (χ1) is 21.1. The second-order valence-corrected chi connectivity index (χ2v) is 12.2. The van der Waals surface area contributed by atoms with Crippen LogP contribution < -0.4 is 10.2 Å². The summed E-state index contributed by atoms with van der Waals surface area (Å²) in [5.41, 5.74) is -13.6. The van der Waals surface area contributed by atoms with Crippen molar-refractivity contribution in [3.05, 3.63) is 91.6 Å². The van der Waals surface area contributed by atoms with Gasteiger partial charge in [-0.2, -0.15) is 39.5 Å². The molecule has 1 fully saturated rings. The molecule has 17 heteroatoms. The third kappa shape index (κ3) is 6.75. The summed E-state index contributed by atoms with van der Waals surface area (Å²) < 4.78 is 152. The molecule has 0 aliphatic heterocycles. The van der Waals surface area contributed by atoms with Gasteiger partial charge in [-0.3, -0.25) is 9.59 Å². The van der Waals surface area contributed by atoms with Crippen LogP contribution in [0.3, 0.4) is 0 Å². The van der Waals surface area contributed by atoms with Crippen LogP contribution in [0.1, 0.15) is 51.6 Å². The molecule has 1 N–H and O–H groups in total. The average Bonchev–Trinajstić information content (AvgIpc) is 3.78. The number of benzene rings is 3. The first-order valence-corrected chi connectivity index (χ1v) is 14.6. The zero-order valence-electron chi connectivity index (χ0n) is 22.9. The summed E-state index contributed by atoms with van der Waals surface area (Å²) in [6.45, 7) is 1.64. The molecule has 248 valence electrons. The van der Waals surface area contributed by atoms with Crippen molar-refractivity contribution in [2.45, 2.75) is 50.0 Å². The molecule has 3 aromatic rings. The molecule has 0 aromatic heterocycles. The third-order valence-electron chi connectivity index (χ3n) is 7.32. The van der Waals surface area contributed by atoms with Crippen LogP contribution in [0, 0.1) is 11.7 Å². The lowest BCUT2D eigenvalue weighted by atomic mass is 9.92. The minimum Gasteiger partial charge on any atom is -0.320 e. The number of hydrogen-bond donors (Lipinski definition) is 1. The quantitative estimate of drug-likeness (QED) is 0.242. The van der Waals surface area contributed by atoms with Crippen molar-refractivity contribution in [1.29, 1.82) is 0 Å². The Morgan fingerprint density at radius 2 is 1.43 bits per heavy atom. The Kier molecular flexibility index (Phi) is 9.63. The zero-order valence-corrected chi connectivity index (χ0v) is 26.1. The predicted octanol–water partition coefficient (Wildman–Crippen LogP) is 10.4. The summed E-state index contributed by atoms with van der Waals surface area (Å²) >= 11 is 5.63. The first-order valence-electron chi connectivity index (χ1n) is 13.0. The van der Waals surface area contributed by atoms with Crippen LogP contribution in [0.15, 0.2) is 63.5 Å². The van der Waals surface area contributed by atoms with Crippen LogP contribution in [-0.2, 0) is 11.8 Å². The van der Waals surface area contributed by atoms with E-state index in [0.717, 1.165) is 23.1 Å². The summed E-state index contributed by atoms with van der Waals surface area (Å²) in [6.07, 6.45) is -17.8. The van der Waals surface area contributed by atoms with Gasteiger partial charge < -0.3 is 10.2 Å². The van der Waals surface area contributed by atoms with E-state index in [2.05, 4.69) is 31.9 Å². The van der Waals surface area contributed by atoms with Gasteiger partial charge in [-0.25, -0.2) is 8.78 Å². The molecule has 0 spiro atoms. The number of hydrogen-bond acceptors (Lipinski definition) is 2. The minimum atomic E-state index is -6.72. The highest BCUT2D eigenvalue weighted by atomic mass is 79.9. The maximum absolute atomic E-state index is 16.0. The van der Waals surface area contributed by atoms with Gasteiger partial charge in [-0.1, -0.05) is 22.0 Å². The molecule has 0 radical (unpaired) electrons. The Morgan fingerprint density at radius 3 is 1.93 bits per heavy atom. The van der Waals surface area contributed by atoms with Crippen LogP contribution in [0.2, 0.25) is 0 Å². The molecule has 3 aromatic carbocycles. The molecule has 0 bridgehead atoms. The molecule has 1 unspecified atom stereocenters. The monoisotopic (exact) mass is 794 g/mol. The normalized spacial score (nSPS) is 15.0. The molecule has 4 rings (SSSR count). The molecule has 4 nitrogen and oxygen atoms in total. The van der Waals surface area contributed by atoms with E-state index in [4.69, 9.17) is 0 Å². The van der Waals surface area contributed by atoms with Gasteiger partial charge >= 0.3 is 24.2 Å². The second kappa shape index (κ2) is 12.4. The van der Waals surface area contributed by atoms with E-state index in [0.29, 0.717) is 17.3 Å². The SMILES string of the molecule is CC(C1CC1)N(C(=O)c1ccc(Br)cc1)c1cccc(C(=O)Nc2c(Br)cc(C(F)(C(F)(F)F)C(F)(F)F)cc2C(F)(F)F)c1F. The van der Waals surface area contributed by atoms with Crippen molar-refractivity contribution in [3.8, 4) is 0 Å². The highest BCUT2D eigenvalue weighted by Gasteiger charge is 2.73. The van der Waals surface area contributed by atoms with Crippen molar-refractivity contribution >= 4 is 55.0 Å². The van der Waals surface area contributed by atoms with E-state index < -0.39 is 86.5 Å². The van der Waals surface area contributed by atoms with Crippen molar-refractivity contribution in [2.24, 2.45) is 5.92 Å². The van der Waals surface area contributed by atoms with Gasteiger partial charge in [-0.15, -0.1) is 0 Å². The Labute approximate surface area is 270 Å². The molecular formula is C29H19Br2F11N2O2. The zero-order chi connectivity index (χ0) is 34.6. The average molecular weight is 796 g/mol. The van der Waals surface area contributed by atoms with Gasteiger partial charge in [-0.05, 0) is 90.1 Å². The van der Waals surface area contributed by atoms with Crippen LogP contribution >= 0.6 is 31.9 Å². The highest BCUT2D eigenvalue weighted by molar-refractivity contribution is 9.10. The van der Waals surface area contributed by atoms with E-state index in [1.165, 1.54) is 12.1 Å². The van der Waals surface area contributed by atoms with Gasteiger partial charge in [0.2, 0.25) is 0 Å². The third-order valence-corrected chi connectivity index (χ3v) is 8.47. The standard InChI is InChI=1S/C29H19Br2F11N2O2/c1-13(14-5-6-14)44(25(46)15-7-9-17(30)10-8-15)21-4-2-3-18(22(21)32)24(45)43-23-19(27(34,35)36)11-16(12-20(23)31)26(33,28(37,38)39)29(40,41)42/h2-4,7-14H,5-6H2,1H3,(H,43,45). The van der Waals surface area contributed by atoms with Crippen molar-refractivity contribution < 1.29 is 57.9 Å². The minimum absolute atomic E-state index is 0.0314. The summed E-state index contributed by atoms with van der Waals surface area (Å²) in [7, 11) is 0. The van der Waals surface area contributed by atoms with Gasteiger partial charge in [0.05, 0.1) is 22.5 Å². The molecule has 1 atom stereocenters. The fraction of sp³-hybridized carbons (Fsp3) is 0.310. The van der Waals surface area contributed by atoms with Crippen LogP contribution in [-0.4, -0.2) is 30.2 Å². The molecule has 0 saturated heterocycles. The van der Waals surface area contributed by atoms with E-state index in [1.54, 1.807) is 24.4 Å². The number of amides is 2. The number of carbonyl (C=O) groups excluding carboxylic acids is 2. The summed E-state index contributed by atoms with van der Waals surface area (Å²) in [5, 5.41) is 1.66.